The molecular formula is C51H37NS. The smallest absolute Gasteiger partial charge is 0.0540 e. The van der Waals surface area contributed by atoms with Gasteiger partial charge in [0.15, 0.2) is 0 Å². The van der Waals surface area contributed by atoms with Crippen LogP contribution in [-0.4, -0.2) is 0 Å². The lowest BCUT2D eigenvalue weighted by Crippen LogP contribution is -2.16. The Morgan fingerprint density at radius 2 is 0.906 bits per heavy atom. The molecule has 0 aliphatic heterocycles. The highest BCUT2D eigenvalue weighted by molar-refractivity contribution is 7.25. The van der Waals surface area contributed by atoms with Crippen molar-refractivity contribution in [1.29, 1.82) is 0 Å². The van der Waals surface area contributed by atoms with Crippen LogP contribution in [0.15, 0.2) is 188 Å². The monoisotopic (exact) mass is 695 g/mol. The number of hydrogen-bond acceptors (Lipinski definition) is 2. The van der Waals surface area contributed by atoms with Gasteiger partial charge in [0.1, 0.15) is 0 Å². The second-order valence-corrected chi connectivity index (χ2v) is 15.6. The van der Waals surface area contributed by atoms with Crippen LogP contribution in [-0.2, 0) is 5.41 Å². The average molecular weight is 696 g/mol. The number of anilines is 3. The number of benzene rings is 8. The zero-order valence-corrected chi connectivity index (χ0v) is 30.6. The van der Waals surface area contributed by atoms with E-state index in [1.165, 1.54) is 75.8 Å². The number of thiophene rings is 1. The molecule has 10 rings (SSSR count). The Bertz CT molecular complexity index is 2820. The molecule has 1 aromatic heterocycles. The molecule has 252 valence electrons. The highest BCUT2D eigenvalue weighted by atomic mass is 32.1. The van der Waals surface area contributed by atoms with Gasteiger partial charge < -0.3 is 4.90 Å². The summed E-state index contributed by atoms with van der Waals surface area (Å²) in [5, 5.41) is 2.62. The van der Waals surface area contributed by atoms with Crippen molar-refractivity contribution in [2.24, 2.45) is 0 Å². The fourth-order valence-electron chi connectivity index (χ4n) is 8.55. The Morgan fingerprint density at radius 3 is 1.70 bits per heavy atom. The van der Waals surface area contributed by atoms with E-state index in [0.29, 0.717) is 0 Å². The Labute approximate surface area is 315 Å². The van der Waals surface area contributed by atoms with Gasteiger partial charge in [-0.25, -0.2) is 0 Å². The molecule has 0 N–H and O–H groups in total. The van der Waals surface area contributed by atoms with Crippen molar-refractivity contribution in [3.63, 3.8) is 0 Å². The van der Waals surface area contributed by atoms with Crippen LogP contribution in [0, 0.1) is 0 Å². The maximum Gasteiger partial charge on any atom is 0.0540 e. The van der Waals surface area contributed by atoms with E-state index in [1.807, 2.05) is 11.3 Å². The second kappa shape index (κ2) is 12.5. The van der Waals surface area contributed by atoms with Crippen molar-refractivity contribution >= 4 is 48.6 Å². The highest BCUT2D eigenvalue weighted by Gasteiger charge is 2.36. The van der Waals surface area contributed by atoms with Crippen LogP contribution in [0.1, 0.15) is 25.0 Å². The summed E-state index contributed by atoms with van der Waals surface area (Å²) in [5.41, 5.74) is 16.0. The molecule has 0 amide bonds. The molecule has 53 heavy (non-hydrogen) atoms. The molecule has 0 unspecified atom stereocenters. The molecule has 0 atom stereocenters. The van der Waals surface area contributed by atoms with E-state index in [0.717, 1.165) is 17.1 Å². The number of fused-ring (bicyclic) bond motifs is 6. The van der Waals surface area contributed by atoms with E-state index in [4.69, 9.17) is 0 Å². The highest BCUT2D eigenvalue weighted by Crippen LogP contribution is 2.52. The van der Waals surface area contributed by atoms with Gasteiger partial charge in [-0.2, -0.15) is 0 Å². The molecule has 0 fully saturated rings. The van der Waals surface area contributed by atoms with Crippen molar-refractivity contribution < 1.29 is 0 Å². The largest absolute Gasteiger partial charge is 0.310 e. The Kier molecular flexibility index (Phi) is 7.42. The zero-order chi connectivity index (χ0) is 35.5. The normalized spacial score (nSPS) is 12.9. The number of rotatable bonds is 6. The number of nitrogens with zero attached hydrogens (tertiary/aromatic N) is 1. The number of para-hydroxylation sites is 1. The van der Waals surface area contributed by atoms with Crippen molar-refractivity contribution in [3.8, 4) is 44.5 Å². The summed E-state index contributed by atoms with van der Waals surface area (Å²) >= 11 is 1.87. The van der Waals surface area contributed by atoms with Gasteiger partial charge in [-0.15, -0.1) is 11.3 Å². The fourth-order valence-corrected chi connectivity index (χ4v) is 9.69. The summed E-state index contributed by atoms with van der Waals surface area (Å²) in [5.74, 6) is 0. The number of hydrogen-bond donors (Lipinski definition) is 0. The van der Waals surface area contributed by atoms with Gasteiger partial charge in [0.05, 0.1) is 5.69 Å². The summed E-state index contributed by atoms with van der Waals surface area (Å²) in [4.78, 5) is 2.48. The first-order chi connectivity index (χ1) is 26.1. The lowest BCUT2D eigenvalue weighted by molar-refractivity contribution is 0.660. The van der Waals surface area contributed by atoms with Crippen LogP contribution >= 0.6 is 11.3 Å². The van der Waals surface area contributed by atoms with Gasteiger partial charge >= 0.3 is 0 Å². The summed E-state index contributed by atoms with van der Waals surface area (Å²) in [6, 6.07) is 69.1. The van der Waals surface area contributed by atoms with E-state index >= 15 is 0 Å². The van der Waals surface area contributed by atoms with E-state index in [-0.39, 0.29) is 5.41 Å². The van der Waals surface area contributed by atoms with Gasteiger partial charge in [0.2, 0.25) is 0 Å². The average Bonchev–Trinajstić information content (AvgIpc) is 3.70. The molecule has 0 saturated heterocycles. The van der Waals surface area contributed by atoms with E-state index in [9.17, 15) is 0 Å². The summed E-state index contributed by atoms with van der Waals surface area (Å²) < 4.78 is 2.60. The molecule has 1 aliphatic rings. The SMILES string of the molecule is CC1(C)c2ccccc2-c2ccc(N(c3ccc4c(c3)sc3ccccc34)c3ccccc3-c3ccccc3-c3ccccc3-c3ccccc3)cc21. The minimum Gasteiger partial charge on any atom is -0.310 e. The summed E-state index contributed by atoms with van der Waals surface area (Å²) in [6.45, 7) is 4.73. The summed E-state index contributed by atoms with van der Waals surface area (Å²) in [6.07, 6.45) is 0. The van der Waals surface area contributed by atoms with Crippen molar-refractivity contribution in [2.75, 3.05) is 4.90 Å². The van der Waals surface area contributed by atoms with Gasteiger partial charge in [0, 0.05) is 42.5 Å². The molecular weight excluding hydrogens is 659 g/mol. The first-order valence-corrected chi connectivity index (χ1v) is 19.2. The Morgan fingerprint density at radius 1 is 0.377 bits per heavy atom. The van der Waals surface area contributed by atoms with Gasteiger partial charge in [-0.05, 0) is 86.5 Å². The van der Waals surface area contributed by atoms with Crippen LogP contribution < -0.4 is 4.90 Å². The standard InChI is InChI=1S/C51H37NS/c1-51(2)46-25-13-10-22-41(46)42-30-28-35(32-47(42)51)52(36-29-31-45-44-24-12-15-27-49(44)53-50(45)33-36)48-26-14-11-23-43(48)40-21-9-8-20-39(40)38-19-7-6-18-37(38)34-16-4-3-5-17-34/h3-33H,1-2H3. The van der Waals surface area contributed by atoms with Crippen molar-refractivity contribution in [1.82, 2.24) is 0 Å². The van der Waals surface area contributed by atoms with Crippen LogP contribution in [0.25, 0.3) is 64.7 Å². The van der Waals surface area contributed by atoms with Crippen LogP contribution in [0.3, 0.4) is 0 Å². The molecule has 0 saturated carbocycles. The molecule has 0 bridgehead atoms. The molecule has 9 aromatic rings. The topological polar surface area (TPSA) is 3.24 Å². The third kappa shape index (κ3) is 5.13. The van der Waals surface area contributed by atoms with E-state index in [2.05, 4.69) is 207 Å². The van der Waals surface area contributed by atoms with Crippen LogP contribution in [0.4, 0.5) is 17.1 Å². The third-order valence-electron chi connectivity index (χ3n) is 11.1. The maximum absolute atomic E-state index is 2.48. The predicted molar refractivity (Wildman–Crippen MR) is 228 cm³/mol. The van der Waals surface area contributed by atoms with Crippen molar-refractivity contribution in [3.05, 3.63) is 199 Å². The second-order valence-electron chi connectivity index (χ2n) is 14.5. The lowest BCUT2D eigenvalue weighted by atomic mass is 9.82. The van der Waals surface area contributed by atoms with Crippen molar-refractivity contribution in [2.45, 2.75) is 19.3 Å². The van der Waals surface area contributed by atoms with Gasteiger partial charge in [-0.3, -0.25) is 0 Å². The lowest BCUT2D eigenvalue weighted by Gasteiger charge is -2.30. The first kappa shape index (κ1) is 31.5. The third-order valence-corrected chi connectivity index (χ3v) is 12.2. The minimum atomic E-state index is -0.115. The fraction of sp³-hybridized carbons (Fsp3) is 0.0588. The molecule has 8 aromatic carbocycles. The van der Waals surface area contributed by atoms with E-state index < -0.39 is 0 Å². The quantitative estimate of drug-likeness (QED) is 0.167. The molecule has 0 radical (unpaired) electrons. The van der Waals surface area contributed by atoms with Crippen LogP contribution in [0.5, 0.6) is 0 Å². The summed E-state index contributed by atoms with van der Waals surface area (Å²) in [7, 11) is 0. The minimum absolute atomic E-state index is 0.115. The van der Waals surface area contributed by atoms with E-state index in [1.54, 1.807) is 0 Å². The molecule has 0 spiro atoms. The zero-order valence-electron chi connectivity index (χ0n) is 29.8. The molecule has 2 heteroatoms. The van der Waals surface area contributed by atoms with Crippen LogP contribution in [0.2, 0.25) is 0 Å². The van der Waals surface area contributed by atoms with Gasteiger partial charge in [0.25, 0.3) is 0 Å². The molecule has 1 aliphatic carbocycles. The Hall–Kier alpha value is -6.22. The Balaban J connectivity index is 1.20. The molecule has 1 heterocycles. The van der Waals surface area contributed by atoms with Gasteiger partial charge in [-0.1, -0.05) is 166 Å². The predicted octanol–water partition coefficient (Wildman–Crippen LogP) is 14.8. The maximum atomic E-state index is 2.48. The first-order valence-electron chi connectivity index (χ1n) is 18.4. The molecule has 1 nitrogen and oxygen atoms in total.